The maximum absolute atomic E-state index is 12.0. The lowest BCUT2D eigenvalue weighted by atomic mass is 10.3. The van der Waals surface area contributed by atoms with Crippen molar-refractivity contribution < 1.29 is 17.9 Å². The summed E-state index contributed by atoms with van der Waals surface area (Å²) in [6.45, 7) is 1.25. The van der Waals surface area contributed by atoms with Crippen molar-refractivity contribution in [3.63, 3.8) is 0 Å². The fourth-order valence-electron chi connectivity index (χ4n) is 2.13. The number of hydrogen-bond donors (Lipinski definition) is 0. The number of alkyl halides is 3. The molecule has 0 spiro atoms. The van der Waals surface area contributed by atoms with E-state index in [4.69, 9.17) is 0 Å². The summed E-state index contributed by atoms with van der Waals surface area (Å²) >= 11 is 0. The quantitative estimate of drug-likeness (QED) is 0.759. The Labute approximate surface area is 115 Å². The van der Waals surface area contributed by atoms with Crippen LogP contribution in [0.1, 0.15) is 19.2 Å². The highest BCUT2D eigenvalue weighted by molar-refractivity contribution is 5.75. The molecule has 0 saturated carbocycles. The maximum Gasteiger partial charge on any atom is 0.411 e. The molecule has 0 aliphatic carbocycles. The average molecular weight is 286 g/mol. The van der Waals surface area contributed by atoms with Crippen LogP contribution in [0.5, 0.6) is 0 Å². The van der Waals surface area contributed by atoms with Crippen LogP contribution in [0.4, 0.5) is 13.2 Å². The van der Waals surface area contributed by atoms with Gasteiger partial charge in [0.05, 0.1) is 17.6 Å². The van der Waals surface area contributed by atoms with E-state index in [2.05, 4.69) is 9.72 Å². The second-order valence-electron chi connectivity index (χ2n) is 4.59. The van der Waals surface area contributed by atoms with E-state index in [-0.39, 0.29) is 6.61 Å². The number of aryl methyl sites for hydroxylation is 1. The monoisotopic (exact) mass is 286 g/mol. The summed E-state index contributed by atoms with van der Waals surface area (Å²) in [5, 5.41) is 0. The van der Waals surface area contributed by atoms with Crippen molar-refractivity contribution >= 4 is 11.0 Å². The molecular weight excluding hydrogens is 269 g/mol. The summed E-state index contributed by atoms with van der Waals surface area (Å²) in [6, 6.07) is 7.62. The largest absolute Gasteiger partial charge is 0.411 e. The summed E-state index contributed by atoms with van der Waals surface area (Å²) in [7, 11) is 0. The summed E-state index contributed by atoms with van der Waals surface area (Å²) < 4.78 is 42.7. The van der Waals surface area contributed by atoms with Gasteiger partial charge in [-0.3, -0.25) is 0 Å². The summed E-state index contributed by atoms with van der Waals surface area (Å²) in [6.07, 6.45) is -2.54. The van der Waals surface area contributed by atoms with Crippen LogP contribution in [0.15, 0.2) is 24.3 Å². The van der Waals surface area contributed by atoms with Crippen molar-refractivity contribution in [1.82, 2.24) is 9.55 Å². The molecule has 0 bridgehead atoms. The Morgan fingerprint density at radius 2 is 2.00 bits per heavy atom. The van der Waals surface area contributed by atoms with Gasteiger partial charge in [0.2, 0.25) is 0 Å². The van der Waals surface area contributed by atoms with Gasteiger partial charge in [-0.1, -0.05) is 19.1 Å². The molecule has 1 heterocycles. The van der Waals surface area contributed by atoms with Gasteiger partial charge in [0.1, 0.15) is 12.4 Å². The lowest BCUT2D eigenvalue weighted by Crippen LogP contribution is -2.19. The second kappa shape index (κ2) is 6.26. The topological polar surface area (TPSA) is 27.1 Å². The van der Waals surface area contributed by atoms with Crippen LogP contribution in [0.2, 0.25) is 0 Å². The van der Waals surface area contributed by atoms with E-state index in [1.54, 1.807) is 0 Å². The van der Waals surface area contributed by atoms with Crippen LogP contribution in [0.3, 0.4) is 0 Å². The standard InChI is InChI=1S/C14H17F3N2O/c1-2-5-13-18-11-6-3-4-7-12(11)19(13)8-9-20-10-14(15,16)17/h3-4,6-7H,2,5,8-10H2,1H3. The van der Waals surface area contributed by atoms with Crippen molar-refractivity contribution in [2.45, 2.75) is 32.5 Å². The van der Waals surface area contributed by atoms with Crippen molar-refractivity contribution in [3.05, 3.63) is 30.1 Å². The third-order valence-electron chi connectivity index (χ3n) is 2.93. The van der Waals surface area contributed by atoms with E-state index < -0.39 is 12.8 Å². The number of halogens is 3. The summed E-state index contributed by atoms with van der Waals surface area (Å²) in [5.74, 6) is 0.893. The molecule has 0 N–H and O–H groups in total. The molecule has 6 heteroatoms. The first-order valence-electron chi connectivity index (χ1n) is 6.60. The maximum atomic E-state index is 12.0. The highest BCUT2D eigenvalue weighted by Gasteiger charge is 2.27. The SMILES string of the molecule is CCCc1nc2ccccc2n1CCOCC(F)(F)F. The van der Waals surface area contributed by atoms with Gasteiger partial charge in [0.15, 0.2) is 0 Å². The number of fused-ring (bicyclic) bond motifs is 1. The molecule has 1 aromatic heterocycles. The molecule has 0 aliphatic heterocycles. The van der Waals surface area contributed by atoms with Crippen LogP contribution in [0.25, 0.3) is 11.0 Å². The first-order chi connectivity index (χ1) is 9.51. The molecule has 0 atom stereocenters. The van der Waals surface area contributed by atoms with Crippen LogP contribution in [-0.4, -0.2) is 28.9 Å². The van der Waals surface area contributed by atoms with Gasteiger partial charge in [-0.05, 0) is 18.6 Å². The van der Waals surface area contributed by atoms with E-state index in [9.17, 15) is 13.2 Å². The lowest BCUT2D eigenvalue weighted by molar-refractivity contribution is -0.174. The van der Waals surface area contributed by atoms with Gasteiger partial charge in [-0.25, -0.2) is 4.98 Å². The van der Waals surface area contributed by atoms with Gasteiger partial charge in [-0.2, -0.15) is 13.2 Å². The molecule has 20 heavy (non-hydrogen) atoms. The van der Waals surface area contributed by atoms with Crippen molar-refractivity contribution in [2.75, 3.05) is 13.2 Å². The summed E-state index contributed by atoms with van der Waals surface area (Å²) in [4.78, 5) is 4.52. The third kappa shape index (κ3) is 3.72. The predicted octanol–water partition coefficient (Wildman–Crippen LogP) is 3.57. The molecule has 0 radical (unpaired) electrons. The number of para-hydroxylation sites is 2. The van der Waals surface area contributed by atoms with Crippen LogP contribution in [-0.2, 0) is 17.7 Å². The van der Waals surface area contributed by atoms with Crippen LogP contribution < -0.4 is 0 Å². The van der Waals surface area contributed by atoms with Crippen molar-refractivity contribution in [2.24, 2.45) is 0 Å². The number of rotatable bonds is 6. The second-order valence-corrected chi connectivity index (χ2v) is 4.59. The first kappa shape index (κ1) is 14.8. The number of ether oxygens (including phenoxy) is 1. The fourth-order valence-corrected chi connectivity index (χ4v) is 2.13. The zero-order valence-corrected chi connectivity index (χ0v) is 11.3. The van der Waals surface area contributed by atoms with Crippen LogP contribution in [0, 0.1) is 0 Å². The molecule has 110 valence electrons. The molecule has 2 aromatic rings. The number of aromatic nitrogens is 2. The number of imidazole rings is 1. The molecule has 1 aromatic carbocycles. The zero-order valence-electron chi connectivity index (χ0n) is 11.3. The van der Waals surface area contributed by atoms with E-state index in [1.807, 2.05) is 35.8 Å². The Hall–Kier alpha value is -1.56. The lowest BCUT2D eigenvalue weighted by Gasteiger charge is -2.10. The molecule has 0 amide bonds. The highest BCUT2D eigenvalue weighted by atomic mass is 19.4. The molecule has 0 saturated heterocycles. The first-order valence-corrected chi connectivity index (χ1v) is 6.60. The van der Waals surface area contributed by atoms with Gasteiger partial charge >= 0.3 is 6.18 Å². The smallest absolute Gasteiger partial charge is 0.370 e. The molecule has 0 fully saturated rings. The minimum Gasteiger partial charge on any atom is -0.370 e. The highest BCUT2D eigenvalue weighted by Crippen LogP contribution is 2.18. The molecule has 0 unspecified atom stereocenters. The fraction of sp³-hybridized carbons (Fsp3) is 0.500. The molecule has 2 rings (SSSR count). The van der Waals surface area contributed by atoms with Gasteiger partial charge in [0.25, 0.3) is 0 Å². The third-order valence-corrected chi connectivity index (χ3v) is 2.93. The Balaban J connectivity index is 2.09. The summed E-state index contributed by atoms with van der Waals surface area (Å²) in [5.41, 5.74) is 1.80. The molecular formula is C14H17F3N2O. The predicted molar refractivity (Wildman–Crippen MR) is 70.6 cm³/mol. The minimum absolute atomic E-state index is 0.0244. The number of nitrogens with zero attached hydrogens (tertiary/aromatic N) is 2. The van der Waals surface area contributed by atoms with E-state index in [0.717, 1.165) is 29.7 Å². The normalized spacial score (nSPS) is 12.2. The zero-order chi connectivity index (χ0) is 14.6. The van der Waals surface area contributed by atoms with Crippen molar-refractivity contribution in [3.8, 4) is 0 Å². The Morgan fingerprint density at radius 1 is 1.25 bits per heavy atom. The van der Waals surface area contributed by atoms with E-state index >= 15 is 0 Å². The van der Waals surface area contributed by atoms with Crippen LogP contribution >= 0.6 is 0 Å². The number of hydrogen-bond acceptors (Lipinski definition) is 2. The van der Waals surface area contributed by atoms with Crippen molar-refractivity contribution in [1.29, 1.82) is 0 Å². The average Bonchev–Trinajstić information content (AvgIpc) is 2.72. The van der Waals surface area contributed by atoms with Gasteiger partial charge < -0.3 is 9.30 Å². The van der Waals surface area contributed by atoms with Gasteiger partial charge in [0, 0.05) is 13.0 Å². The minimum atomic E-state index is -4.27. The van der Waals surface area contributed by atoms with Gasteiger partial charge in [-0.15, -0.1) is 0 Å². The van der Waals surface area contributed by atoms with E-state index in [0.29, 0.717) is 6.54 Å². The molecule has 0 aliphatic rings. The molecule has 3 nitrogen and oxygen atoms in total. The van der Waals surface area contributed by atoms with E-state index in [1.165, 1.54) is 0 Å². The Kier molecular flexibility index (Phi) is 4.65. The number of benzene rings is 1. The Morgan fingerprint density at radius 3 is 2.70 bits per heavy atom. The Bertz CT molecular complexity index is 563.